The number of benzene rings is 3. The zero-order valence-corrected chi connectivity index (χ0v) is 15.9. The number of phenolic OH excluding ortho intramolecular Hbond substituents is 1. The van der Waals surface area contributed by atoms with Gasteiger partial charge in [-0.3, -0.25) is 4.99 Å². The second-order valence-corrected chi connectivity index (χ2v) is 6.45. The summed E-state index contributed by atoms with van der Waals surface area (Å²) in [5.74, 6) is 1.36. The first-order chi connectivity index (χ1) is 13.1. The van der Waals surface area contributed by atoms with Crippen molar-refractivity contribution >= 4 is 23.5 Å². The molecular weight excluding hydrogens is 362 g/mol. The minimum Gasteiger partial charge on any atom is -0.506 e. The lowest BCUT2D eigenvalue weighted by molar-refractivity contribution is 0.284. The number of methoxy groups -OCH3 is 1. The van der Waals surface area contributed by atoms with Crippen molar-refractivity contribution in [2.24, 2.45) is 4.99 Å². The number of rotatable bonds is 6. The third kappa shape index (κ3) is 4.80. The van der Waals surface area contributed by atoms with E-state index in [0.717, 1.165) is 16.7 Å². The highest BCUT2D eigenvalue weighted by molar-refractivity contribution is 6.31. The molecule has 0 amide bonds. The molecule has 0 aliphatic rings. The zero-order chi connectivity index (χ0) is 19.2. The lowest BCUT2D eigenvalue weighted by atomic mass is 10.2. The number of halogens is 1. The molecule has 0 heterocycles. The van der Waals surface area contributed by atoms with Gasteiger partial charge in [0.05, 0.1) is 7.11 Å². The van der Waals surface area contributed by atoms with Gasteiger partial charge < -0.3 is 14.6 Å². The summed E-state index contributed by atoms with van der Waals surface area (Å²) in [7, 11) is 1.59. The van der Waals surface area contributed by atoms with E-state index >= 15 is 0 Å². The SMILES string of the molecule is COc1cc(C=Nc2cc(C)ccc2O)ccc1OCc1ccccc1Cl. The van der Waals surface area contributed by atoms with Crippen LogP contribution < -0.4 is 9.47 Å². The maximum Gasteiger partial charge on any atom is 0.161 e. The molecule has 0 bridgehead atoms. The van der Waals surface area contributed by atoms with Gasteiger partial charge in [0, 0.05) is 16.8 Å². The molecule has 3 aromatic rings. The molecule has 0 fully saturated rings. The Labute approximate surface area is 163 Å². The average molecular weight is 382 g/mol. The highest BCUT2D eigenvalue weighted by Gasteiger charge is 2.07. The highest BCUT2D eigenvalue weighted by Crippen LogP contribution is 2.30. The van der Waals surface area contributed by atoms with Crippen LogP contribution in [0.1, 0.15) is 16.7 Å². The smallest absolute Gasteiger partial charge is 0.161 e. The van der Waals surface area contributed by atoms with Crippen molar-refractivity contribution in [1.29, 1.82) is 0 Å². The molecule has 3 aromatic carbocycles. The fraction of sp³-hybridized carbons (Fsp3) is 0.136. The first kappa shape index (κ1) is 18.8. The van der Waals surface area contributed by atoms with Gasteiger partial charge in [-0.25, -0.2) is 0 Å². The second kappa shape index (κ2) is 8.60. The Balaban J connectivity index is 1.77. The highest BCUT2D eigenvalue weighted by atomic mass is 35.5. The van der Waals surface area contributed by atoms with Crippen LogP contribution in [-0.4, -0.2) is 18.4 Å². The zero-order valence-electron chi connectivity index (χ0n) is 15.1. The van der Waals surface area contributed by atoms with Gasteiger partial charge >= 0.3 is 0 Å². The molecule has 0 saturated heterocycles. The molecule has 27 heavy (non-hydrogen) atoms. The van der Waals surface area contributed by atoms with Gasteiger partial charge in [0.2, 0.25) is 0 Å². The molecular formula is C22H20ClNO3. The Morgan fingerprint density at radius 3 is 2.63 bits per heavy atom. The van der Waals surface area contributed by atoms with Gasteiger partial charge in [0.25, 0.3) is 0 Å². The molecule has 138 valence electrons. The van der Waals surface area contributed by atoms with Crippen molar-refractivity contribution in [2.45, 2.75) is 13.5 Å². The molecule has 0 aromatic heterocycles. The first-order valence-corrected chi connectivity index (χ1v) is 8.82. The van der Waals surface area contributed by atoms with E-state index in [0.29, 0.717) is 28.8 Å². The normalized spacial score (nSPS) is 10.9. The van der Waals surface area contributed by atoms with E-state index in [4.69, 9.17) is 21.1 Å². The van der Waals surface area contributed by atoms with Crippen LogP contribution in [0.5, 0.6) is 17.2 Å². The van der Waals surface area contributed by atoms with E-state index in [-0.39, 0.29) is 5.75 Å². The lowest BCUT2D eigenvalue weighted by Crippen LogP contribution is -1.99. The van der Waals surface area contributed by atoms with Crippen molar-refractivity contribution in [3.63, 3.8) is 0 Å². The Bertz CT molecular complexity index is 970. The van der Waals surface area contributed by atoms with Crippen LogP contribution in [0.3, 0.4) is 0 Å². The summed E-state index contributed by atoms with van der Waals surface area (Å²) in [6.07, 6.45) is 1.68. The minimum absolute atomic E-state index is 0.142. The van der Waals surface area contributed by atoms with Gasteiger partial charge in [0.1, 0.15) is 18.0 Å². The fourth-order valence-electron chi connectivity index (χ4n) is 2.54. The number of hydrogen-bond acceptors (Lipinski definition) is 4. The summed E-state index contributed by atoms with van der Waals surface area (Å²) in [5.41, 5.74) is 3.29. The van der Waals surface area contributed by atoms with Crippen molar-refractivity contribution in [3.8, 4) is 17.2 Å². The van der Waals surface area contributed by atoms with Crippen LogP contribution in [0.4, 0.5) is 5.69 Å². The molecule has 3 rings (SSSR count). The average Bonchev–Trinajstić information content (AvgIpc) is 2.68. The summed E-state index contributed by atoms with van der Waals surface area (Å²) < 4.78 is 11.3. The Kier molecular flexibility index (Phi) is 5.99. The monoisotopic (exact) mass is 381 g/mol. The molecule has 0 unspecified atom stereocenters. The van der Waals surface area contributed by atoms with Gasteiger partial charge in [-0.05, 0) is 54.4 Å². The molecule has 4 nitrogen and oxygen atoms in total. The number of aryl methyl sites for hydroxylation is 1. The predicted molar refractivity (Wildman–Crippen MR) is 109 cm³/mol. The molecule has 0 spiro atoms. The van der Waals surface area contributed by atoms with Crippen LogP contribution >= 0.6 is 11.6 Å². The Morgan fingerprint density at radius 2 is 1.85 bits per heavy atom. The van der Waals surface area contributed by atoms with Crippen molar-refractivity contribution in [3.05, 3.63) is 82.4 Å². The van der Waals surface area contributed by atoms with Gasteiger partial charge in [-0.15, -0.1) is 0 Å². The summed E-state index contributed by atoms with van der Waals surface area (Å²) in [6.45, 7) is 2.30. The summed E-state index contributed by atoms with van der Waals surface area (Å²) in [4.78, 5) is 4.36. The van der Waals surface area contributed by atoms with E-state index in [2.05, 4.69) is 4.99 Å². The summed E-state index contributed by atoms with van der Waals surface area (Å²) in [5, 5.41) is 10.6. The van der Waals surface area contributed by atoms with E-state index in [1.54, 1.807) is 19.4 Å². The molecule has 0 radical (unpaired) electrons. The van der Waals surface area contributed by atoms with E-state index in [9.17, 15) is 5.11 Å². The number of nitrogens with zero attached hydrogens (tertiary/aromatic N) is 1. The molecule has 0 atom stereocenters. The topological polar surface area (TPSA) is 51.0 Å². The Morgan fingerprint density at radius 1 is 1.04 bits per heavy atom. The second-order valence-electron chi connectivity index (χ2n) is 6.04. The van der Waals surface area contributed by atoms with E-state index in [1.807, 2.05) is 61.5 Å². The van der Waals surface area contributed by atoms with Gasteiger partial charge in [-0.2, -0.15) is 0 Å². The lowest BCUT2D eigenvalue weighted by Gasteiger charge is -2.12. The largest absolute Gasteiger partial charge is 0.506 e. The first-order valence-electron chi connectivity index (χ1n) is 8.45. The predicted octanol–water partition coefficient (Wildman–Crippen LogP) is 5.69. The van der Waals surface area contributed by atoms with Gasteiger partial charge in [0.15, 0.2) is 11.5 Å². The molecule has 5 heteroatoms. The molecule has 1 N–H and O–H groups in total. The third-order valence-electron chi connectivity index (χ3n) is 4.01. The number of aromatic hydroxyl groups is 1. The van der Waals surface area contributed by atoms with Crippen molar-refractivity contribution < 1.29 is 14.6 Å². The Hall–Kier alpha value is -2.98. The third-order valence-corrected chi connectivity index (χ3v) is 4.38. The van der Waals surface area contributed by atoms with E-state index in [1.165, 1.54) is 0 Å². The van der Waals surface area contributed by atoms with Crippen LogP contribution in [0.15, 0.2) is 65.7 Å². The molecule has 0 aliphatic carbocycles. The van der Waals surface area contributed by atoms with E-state index < -0.39 is 0 Å². The van der Waals surface area contributed by atoms with Gasteiger partial charge in [-0.1, -0.05) is 35.9 Å². The van der Waals surface area contributed by atoms with Crippen LogP contribution in [0, 0.1) is 6.92 Å². The van der Waals surface area contributed by atoms with Crippen LogP contribution in [0.2, 0.25) is 5.02 Å². The fourth-order valence-corrected chi connectivity index (χ4v) is 2.73. The molecule has 0 aliphatic heterocycles. The minimum atomic E-state index is 0.142. The van der Waals surface area contributed by atoms with Crippen molar-refractivity contribution in [2.75, 3.05) is 7.11 Å². The summed E-state index contributed by atoms with van der Waals surface area (Å²) in [6, 6.07) is 18.4. The summed E-state index contributed by atoms with van der Waals surface area (Å²) >= 11 is 6.16. The van der Waals surface area contributed by atoms with Crippen LogP contribution in [0.25, 0.3) is 0 Å². The number of aliphatic imine (C=N–C) groups is 1. The quantitative estimate of drug-likeness (QED) is 0.558. The van der Waals surface area contributed by atoms with Crippen LogP contribution in [-0.2, 0) is 6.61 Å². The van der Waals surface area contributed by atoms with Crippen molar-refractivity contribution in [1.82, 2.24) is 0 Å². The number of hydrogen-bond donors (Lipinski definition) is 1. The standard InChI is InChI=1S/C22H20ClNO3/c1-15-7-9-20(25)19(11-15)24-13-16-8-10-21(22(12-16)26-2)27-14-17-5-3-4-6-18(17)23/h3-13,25H,14H2,1-2H3. The maximum absolute atomic E-state index is 9.89. The molecule has 0 saturated carbocycles. The maximum atomic E-state index is 9.89. The number of ether oxygens (including phenoxy) is 2. The number of phenols is 1.